The summed E-state index contributed by atoms with van der Waals surface area (Å²) in [5, 5.41) is 0. The van der Waals surface area contributed by atoms with E-state index < -0.39 is 7.12 Å². The molecule has 0 bridgehead atoms. The maximum atomic E-state index is 5.97. The predicted molar refractivity (Wildman–Crippen MR) is 70.3 cm³/mol. The molecule has 1 aliphatic rings. The number of terminal acetylenes is 1. The third-order valence-corrected chi connectivity index (χ3v) is 3.60. The maximum absolute atomic E-state index is 5.97. The average molecular weight is 244 g/mol. The van der Waals surface area contributed by atoms with Crippen molar-refractivity contribution in [3.05, 3.63) is 18.2 Å². The highest BCUT2D eigenvalue weighted by Crippen LogP contribution is 2.36. The molecule has 0 saturated carbocycles. The summed E-state index contributed by atoms with van der Waals surface area (Å²) >= 11 is 0. The minimum absolute atomic E-state index is 0.374. The van der Waals surface area contributed by atoms with Gasteiger partial charge in [-0.15, -0.1) is 12.3 Å². The molecule has 2 heterocycles. The third kappa shape index (κ3) is 2.14. The van der Waals surface area contributed by atoms with E-state index >= 15 is 0 Å². The van der Waals surface area contributed by atoms with Crippen molar-refractivity contribution in [3.8, 4) is 12.3 Å². The van der Waals surface area contributed by atoms with Crippen LogP contribution in [0.5, 0.6) is 0 Å². The lowest BCUT2D eigenvalue weighted by Gasteiger charge is -2.32. The number of rotatable bonds is 2. The largest absolute Gasteiger partial charge is 0.498 e. The lowest BCUT2D eigenvalue weighted by Crippen LogP contribution is -2.41. The van der Waals surface area contributed by atoms with Gasteiger partial charge in [-0.25, -0.2) is 9.97 Å². The van der Waals surface area contributed by atoms with E-state index in [4.69, 9.17) is 15.7 Å². The molecule has 1 aromatic rings. The van der Waals surface area contributed by atoms with E-state index in [0.29, 0.717) is 6.42 Å². The van der Waals surface area contributed by atoms with Crippen molar-refractivity contribution >= 4 is 12.6 Å². The summed E-state index contributed by atoms with van der Waals surface area (Å²) in [6.07, 6.45) is 8.99. The summed E-state index contributed by atoms with van der Waals surface area (Å²) < 4.78 is 11.9. The molecule has 18 heavy (non-hydrogen) atoms. The van der Waals surface area contributed by atoms with Crippen molar-refractivity contribution in [2.45, 2.75) is 45.3 Å². The number of aromatic nitrogens is 2. The highest BCUT2D eigenvalue weighted by molar-refractivity contribution is 6.62. The SMILES string of the molecule is C#CCc1ncncc1B1OC(C)(C)C(C)(C)O1. The first kappa shape index (κ1) is 13.1. The van der Waals surface area contributed by atoms with E-state index in [2.05, 4.69) is 15.9 Å². The molecule has 1 saturated heterocycles. The van der Waals surface area contributed by atoms with Gasteiger partial charge >= 0.3 is 7.12 Å². The highest BCUT2D eigenvalue weighted by atomic mass is 16.7. The molecule has 0 N–H and O–H groups in total. The standard InChI is InChI=1S/C13H17BN2O2/c1-6-7-11-10(8-15-9-16-11)14-17-12(2,3)13(4,5)18-14/h1,8-9H,7H2,2-5H3. The van der Waals surface area contributed by atoms with Crippen molar-refractivity contribution < 1.29 is 9.31 Å². The Balaban J connectivity index is 2.33. The lowest BCUT2D eigenvalue weighted by molar-refractivity contribution is 0.00578. The van der Waals surface area contributed by atoms with Crippen LogP contribution in [-0.4, -0.2) is 28.3 Å². The fourth-order valence-electron chi connectivity index (χ4n) is 1.78. The first-order chi connectivity index (χ1) is 8.37. The minimum Gasteiger partial charge on any atom is -0.399 e. The van der Waals surface area contributed by atoms with Crippen LogP contribution < -0.4 is 5.46 Å². The van der Waals surface area contributed by atoms with Gasteiger partial charge in [-0.05, 0) is 27.7 Å². The second kappa shape index (κ2) is 4.38. The molecule has 94 valence electrons. The normalized spacial score (nSPS) is 20.7. The molecule has 0 atom stereocenters. The second-order valence-corrected chi connectivity index (χ2v) is 5.39. The topological polar surface area (TPSA) is 44.2 Å². The molecule has 0 amide bonds. The molecule has 1 fully saturated rings. The Bertz CT molecular complexity index is 478. The Hall–Kier alpha value is -1.38. The molecule has 0 unspecified atom stereocenters. The fourth-order valence-corrected chi connectivity index (χ4v) is 1.78. The number of hydrogen-bond acceptors (Lipinski definition) is 4. The van der Waals surface area contributed by atoms with Gasteiger partial charge in [0.2, 0.25) is 0 Å². The van der Waals surface area contributed by atoms with Gasteiger partial charge in [0.15, 0.2) is 0 Å². The third-order valence-electron chi connectivity index (χ3n) is 3.60. The zero-order valence-electron chi connectivity index (χ0n) is 11.2. The van der Waals surface area contributed by atoms with Gasteiger partial charge in [0, 0.05) is 11.7 Å². The van der Waals surface area contributed by atoms with Crippen LogP contribution in [0, 0.1) is 12.3 Å². The molecule has 1 aromatic heterocycles. The molecule has 4 nitrogen and oxygen atoms in total. The summed E-state index contributed by atoms with van der Waals surface area (Å²) in [7, 11) is -0.459. The smallest absolute Gasteiger partial charge is 0.399 e. The highest BCUT2D eigenvalue weighted by Gasteiger charge is 2.52. The summed E-state index contributed by atoms with van der Waals surface area (Å²) in [5.41, 5.74) is 0.849. The van der Waals surface area contributed by atoms with Gasteiger partial charge < -0.3 is 9.31 Å². The first-order valence-corrected chi connectivity index (χ1v) is 5.95. The van der Waals surface area contributed by atoms with Crippen LogP contribution in [0.2, 0.25) is 0 Å². The molecular formula is C13H17BN2O2. The molecule has 0 radical (unpaired) electrons. The zero-order chi connectivity index (χ0) is 13.4. The maximum Gasteiger partial charge on any atom is 0.498 e. The van der Waals surface area contributed by atoms with Crippen LogP contribution in [0.1, 0.15) is 33.4 Å². The van der Waals surface area contributed by atoms with Gasteiger partial charge in [-0.1, -0.05) is 0 Å². The van der Waals surface area contributed by atoms with Gasteiger partial charge in [0.1, 0.15) is 6.33 Å². The number of nitrogens with zero attached hydrogens (tertiary/aromatic N) is 2. The molecule has 0 aliphatic carbocycles. The molecular weight excluding hydrogens is 227 g/mol. The van der Waals surface area contributed by atoms with Crippen LogP contribution in [0.25, 0.3) is 0 Å². The monoisotopic (exact) mass is 244 g/mol. The van der Waals surface area contributed by atoms with Gasteiger partial charge in [0.05, 0.1) is 23.3 Å². The van der Waals surface area contributed by atoms with E-state index in [1.807, 2.05) is 27.7 Å². The van der Waals surface area contributed by atoms with Crippen LogP contribution in [0.3, 0.4) is 0 Å². The Labute approximate surface area is 108 Å². The summed E-state index contributed by atoms with van der Waals surface area (Å²) in [5.74, 6) is 2.59. The Morgan fingerprint density at radius 2 is 1.89 bits per heavy atom. The molecule has 0 aromatic carbocycles. The van der Waals surface area contributed by atoms with E-state index in [0.717, 1.165) is 11.2 Å². The van der Waals surface area contributed by atoms with Crippen LogP contribution in [-0.2, 0) is 15.7 Å². The predicted octanol–water partition coefficient (Wildman–Crippen LogP) is 0.951. The zero-order valence-corrected chi connectivity index (χ0v) is 11.2. The van der Waals surface area contributed by atoms with Crippen molar-refractivity contribution in [3.63, 3.8) is 0 Å². The molecule has 1 aliphatic heterocycles. The van der Waals surface area contributed by atoms with E-state index in [9.17, 15) is 0 Å². The average Bonchev–Trinajstić information content (AvgIpc) is 2.49. The quantitative estimate of drug-likeness (QED) is 0.574. The van der Waals surface area contributed by atoms with Crippen LogP contribution >= 0.6 is 0 Å². The fraction of sp³-hybridized carbons (Fsp3) is 0.538. The van der Waals surface area contributed by atoms with Crippen molar-refractivity contribution in [2.75, 3.05) is 0 Å². The van der Waals surface area contributed by atoms with Gasteiger partial charge in [0.25, 0.3) is 0 Å². The Morgan fingerprint density at radius 1 is 1.28 bits per heavy atom. The van der Waals surface area contributed by atoms with Gasteiger partial charge in [-0.2, -0.15) is 0 Å². The van der Waals surface area contributed by atoms with Crippen molar-refractivity contribution in [2.24, 2.45) is 0 Å². The number of hydrogen-bond donors (Lipinski definition) is 0. The Kier molecular flexibility index (Phi) is 3.18. The summed E-state index contributed by atoms with van der Waals surface area (Å²) in [6.45, 7) is 8.05. The van der Waals surface area contributed by atoms with E-state index in [1.54, 1.807) is 6.20 Å². The first-order valence-electron chi connectivity index (χ1n) is 5.95. The van der Waals surface area contributed by atoms with Crippen LogP contribution in [0.15, 0.2) is 12.5 Å². The second-order valence-electron chi connectivity index (χ2n) is 5.39. The van der Waals surface area contributed by atoms with Crippen molar-refractivity contribution in [1.29, 1.82) is 0 Å². The van der Waals surface area contributed by atoms with Crippen LogP contribution in [0.4, 0.5) is 0 Å². The van der Waals surface area contributed by atoms with E-state index in [1.165, 1.54) is 6.33 Å². The molecule has 5 heteroatoms. The molecule has 2 rings (SSSR count). The minimum atomic E-state index is -0.459. The lowest BCUT2D eigenvalue weighted by atomic mass is 9.78. The summed E-state index contributed by atoms with van der Waals surface area (Å²) in [4.78, 5) is 8.22. The van der Waals surface area contributed by atoms with E-state index in [-0.39, 0.29) is 11.2 Å². The Morgan fingerprint density at radius 3 is 2.44 bits per heavy atom. The van der Waals surface area contributed by atoms with Crippen molar-refractivity contribution in [1.82, 2.24) is 9.97 Å². The van der Waals surface area contributed by atoms with Gasteiger partial charge in [-0.3, -0.25) is 0 Å². The molecule has 0 spiro atoms. The summed E-state index contributed by atoms with van der Waals surface area (Å²) in [6, 6.07) is 0.